The Morgan fingerprint density at radius 2 is 0.587 bits per heavy atom. The Hall–Kier alpha value is -5.15. The van der Waals surface area contributed by atoms with E-state index in [0.29, 0.717) is 23.9 Å². The van der Waals surface area contributed by atoms with Crippen LogP contribution in [0.5, 0.6) is 0 Å². The second-order valence-corrected chi connectivity index (χ2v) is 25.9. The molecule has 0 rings (SSSR count). The van der Waals surface area contributed by atoms with Crippen molar-refractivity contribution in [2.24, 2.45) is 0 Å². The summed E-state index contributed by atoms with van der Waals surface area (Å²) in [7, 11) is 1.12. The van der Waals surface area contributed by atoms with Crippen molar-refractivity contribution >= 4 is 19.8 Å². The number of likely N-dealkylation sites (N-methyl/N-ethyl adjacent to an activating group) is 1. The number of carbonyl (C=O) groups is 2. The van der Waals surface area contributed by atoms with Crippen LogP contribution in [0.2, 0.25) is 0 Å². The summed E-state index contributed by atoms with van der Waals surface area (Å²) < 4.78 is 34.3. The lowest BCUT2D eigenvalue weighted by molar-refractivity contribution is -0.870. The van der Waals surface area contributed by atoms with Gasteiger partial charge in [-0.15, -0.1) is 0 Å². The molecule has 0 amide bonds. The smallest absolute Gasteiger partial charge is 0.306 e. The molecule has 0 aromatic carbocycles. The lowest BCUT2D eigenvalue weighted by atomic mass is 10.0. The van der Waals surface area contributed by atoms with E-state index in [1.54, 1.807) is 0 Å². The van der Waals surface area contributed by atoms with Crippen LogP contribution in [0.4, 0.5) is 0 Å². The molecule has 0 saturated heterocycles. The highest BCUT2D eigenvalue weighted by Gasteiger charge is 2.22. The second kappa shape index (κ2) is 70.2. The Labute approximate surface area is 564 Å². The first-order valence-corrected chi connectivity index (χ1v) is 37.6. The van der Waals surface area contributed by atoms with Crippen LogP contribution in [0, 0.1) is 0 Å². The van der Waals surface area contributed by atoms with E-state index in [9.17, 15) is 19.0 Å². The molecule has 0 aliphatic rings. The molecule has 2 unspecified atom stereocenters. The third-order valence-corrected chi connectivity index (χ3v) is 15.6. The van der Waals surface area contributed by atoms with Crippen molar-refractivity contribution in [3.8, 4) is 0 Å². The molecule has 0 bridgehead atoms. The molecule has 0 N–H and O–H groups in total. The number of ether oxygens (including phenoxy) is 2. The van der Waals surface area contributed by atoms with Gasteiger partial charge in [-0.3, -0.25) is 14.2 Å². The van der Waals surface area contributed by atoms with E-state index in [1.807, 2.05) is 21.1 Å². The van der Waals surface area contributed by atoms with E-state index < -0.39 is 32.5 Å². The van der Waals surface area contributed by atoms with E-state index in [4.69, 9.17) is 18.5 Å². The van der Waals surface area contributed by atoms with Gasteiger partial charge in [-0.25, -0.2) is 0 Å². The predicted molar refractivity (Wildman–Crippen MR) is 396 cm³/mol. The van der Waals surface area contributed by atoms with Crippen LogP contribution in [-0.2, 0) is 32.7 Å². The largest absolute Gasteiger partial charge is 0.756 e. The van der Waals surface area contributed by atoms with Gasteiger partial charge in [0.05, 0.1) is 27.7 Å². The molecule has 0 spiro atoms. The van der Waals surface area contributed by atoms with Crippen LogP contribution in [0.1, 0.15) is 258 Å². The third-order valence-electron chi connectivity index (χ3n) is 14.6. The molecule has 0 fully saturated rings. The summed E-state index contributed by atoms with van der Waals surface area (Å²) in [5.41, 5.74) is 0. The zero-order valence-electron chi connectivity index (χ0n) is 58.9. The number of hydrogen-bond donors (Lipinski definition) is 0. The highest BCUT2D eigenvalue weighted by molar-refractivity contribution is 7.45. The minimum Gasteiger partial charge on any atom is -0.756 e. The summed E-state index contributed by atoms with van der Waals surface area (Å²) in [4.78, 5) is 38.1. The van der Waals surface area contributed by atoms with Crippen molar-refractivity contribution in [3.05, 3.63) is 194 Å². The number of allylic oxidation sites excluding steroid dienone is 32. The molecule has 2 atom stereocenters. The number of quaternary nitrogens is 1. The van der Waals surface area contributed by atoms with Gasteiger partial charge in [-0.05, 0) is 141 Å². The standard InChI is InChI=1S/C82H132NO8P/c1-6-8-10-12-14-16-18-20-22-24-26-28-30-32-34-36-38-40-41-43-45-47-49-51-53-55-57-59-61-63-65-67-69-71-73-75-82(85)91-80(79-90-92(86,87)89-77-76-83(3,4)5)78-88-81(84)74-72-70-68-66-64-62-60-58-56-54-52-50-48-46-44-42-39-37-35-33-31-29-27-25-23-21-19-17-15-13-11-9-7-2/h8-11,14-17,20-23,26-29,32-35,38-40,42-43,45,49,51,55,57,61,63,80H,6-7,12-13,18-19,24-25,30-31,36-37,41,44,46-48,50,52-54,56,58-60,62,64-79H2,1-5H3/b10-8-,11-9-,16-14-,17-15-,22-20-,23-21-,28-26-,29-27-,34-32-,35-33-,40-38-,42-39-,45-43-,51-49-,57-55-,63-61-. The number of esters is 2. The maximum Gasteiger partial charge on any atom is 0.306 e. The monoisotopic (exact) mass is 1290 g/mol. The van der Waals surface area contributed by atoms with E-state index in [1.165, 1.54) is 70.6 Å². The van der Waals surface area contributed by atoms with Gasteiger partial charge in [-0.1, -0.05) is 298 Å². The van der Waals surface area contributed by atoms with Gasteiger partial charge in [0.1, 0.15) is 19.8 Å². The fraction of sp³-hybridized carbons (Fsp3) is 0.585. The summed E-state index contributed by atoms with van der Waals surface area (Å²) in [6.45, 7) is 3.97. The number of rotatable bonds is 64. The SMILES string of the molecule is CC/C=C\C/C=C\C/C=C\C/C=C\C/C=C\C/C=C\C/C=C\C/C=C\C/C=C\C/C=C\CCCCCCC(=O)OC(COC(=O)CCCCCCCCCCCCCCCC/C=C\C/C=C\C/C=C\C/C=C\C/C=C\C/C=C\CC)COP(=O)([O-])OCC[N+](C)(C)C. The van der Waals surface area contributed by atoms with Crippen LogP contribution < -0.4 is 4.89 Å². The molecule has 0 saturated carbocycles. The van der Waals surface area contributed by atoms with Crippen molar-refractivity contribution in [2.45, 2.75) is 264 Å². The van der Waals surface area contributed by atoms with Crippen molar-refractivity contribution in [1.82, 2.24) is 0 Å². The highest BCUT2D eigenvalue weighted by Crippen LogP contribution is 2.38. The van der Waals surface area contributed by atoms with Gasteiger partial charge < -0.3 is 27.9 Å². The van der Waals surface area contributed by atoms with Crippen molar-refractivity contribution in [3.63, 3.8) is 0 Å². The molecule has 9 nitrogen and oxygen atoms in total. The lowest BCUT2D eigenvalue weighted by Gasteiger charge is -2.28. The number of phosphoric acid groups is 1. The van der Waals surface area contributed by atoms with Gasteiger partial charge in [-0.2, -0.15) is 0 Å². The first kappa shape index (κ1) is 86.9. The van der Waals surface area contributed by atoms with Crippen molar-refractivity contribution in [1.29, 1.82) is 0 Å². The molecule has 92 heavy (non-hydrogen) atoms. The van der Waals surface area contributed by atoms with Gasteiger partial charge in [0.2, 0.25) is 0 Å². The van der Waals surface area contributed by atoms with Crippen LogP contribution in [0.3, 0.4) is 0 Å². The maximum atomic E-state index is 12.9. The molecule has 0 aromatic rings. The second-order valence-electron chi connectivity index (χ2n) is 24.5. The Kier molecular flexibility index (Phi) is 66.2. The minimum atomic E-state index is -4.67. The fourth-order valence-electron chi connectivity index (χ4n) is 9.16. The van der Waals surface area contributed by atoms with Crippen LogP contribution in [0.15, 0.2) is 194 Å². The van der Waals surface area contributed by atoms with Crippen LogP contribution in [0.25, 0.3) is 0 Å². The Morgan fingerprint density at radius 1 is 0.337 bits per heavy atom. The number of nitrogens with zero attached hydrogens (tertiary/aromatic N) is 1. The van der Waals surface area contributed by atoms with Crippen molar-refractivity contribution < 1.29 is 42.1 Å². The molecule has 10 heteroatoms. The van der Waals surface area contributed by atoms with E-state index >= 15 is 0 Å². The average Bonchev–Trinajstić information content (AvgIpc) is 2.14. The normalized spacial score (nSPS) is 14.3. The number of unbranched alkanes of at least 4 members (excludes halogenated alkanes) is 18. The van der Waals surface area contributed by atoms with Gasteiger partial charge in [0.15, 0.2) is 6.10 Å². The maximum absolute atomic E-state index is 12.9. The van der Waals surface area contributed by atoms with E-state index in [0.717, 1.165) is 148 Å². The molecular weight excluding hydrogens is 1160 g/mol. The summed E-state index contributed by atoms with van der Waals surface area (Å²) in [6.07, 6.45) is 109. The van der Waals surface area contributed by atoms with E-state index in [-0.39, 0.29) is 26.1 Å². The van der Waals surface area contributed by atoms with Gasteiger partial charge in [0.25, 0.3) is 7.82 Å². The summed E-state index contributed by atoms with van der Waals surface area (Å²) in [5.74, 6) is -0.874. The summed E-state index contributed by atoms with van der Waals surface area (Å²) in [5, 5.41) is 0. The number of carbonyl (C=O) groups excluding carboxylic acids is 2. The van der Waals surface area contributed by atoms with Crippen LogP contribution in [-0.4, -0.2) is 70.0 Å². The molecule has 0 aliphatic carbocycles. The van der Waals surface area contributed by atoms with E-state index in [2.05, 4.69) is 208 Å². The lowest BCUT2D eigenvalue weighted by Crippen LogP contribution is -2.37. The third kappa shape index (κ3) is 73.9. The first-order chi connectivity index (χ1) is 45.0. The zero-order valence-corrected chi connectivity index (χ0v) is 59.8. The van der Waals surface area contributed by atoms with Crippen molar-refractivity contribution in [2.75, 3.05) is 47.5 Å². The number of phosphoric ester groups is 1. The van der Waals surface area contributed by atoms with Gasteiger partial charge in [0, 0.05) is 12.8 Å². The first-order valence-electron chi connectivity index (χ1n) is 36.1. The summed E-state index contributed by atoms with van der Waals surface area (Å²) in [6, 6.07) is 0. The molecular formula is C82H132NO8P. The van der Waals surface area contributed by atoms with Crippen LogP contribution >= 0.6 is 7.82 Å². The summed E-state index contributed by atoms with van der Waals surface area (Å²) >= 11 is 0. The van der Waals surface area contributed by atoms with Gasteiger partial charge >= 0.3 is 11.9 Å². The molecule has 0 radical (unpaired) electrons. The number of hydrogen-bond acceptors (Lipinski definition) is 8. The molecule has 0 aromatic heterocycles. The fourth-order valence-corrected chi connectivity index (χ4v) is 9.89. The highest BCUT2D eigenvalue weighted by atomic mass is 31.2. The molecule has 0 aliphatic heterocycles. The topological polar surface area (TPSA) is 111 Å². The Morgan fingerprint density at radius 3 is 0.870 bits per heavy atom. The predicted octanol–water partition coefficient (Wildman–Crippen LogP) is 23.4. The quantitative estimate of drug-likeness (QED) is 0.0195. The minimum absolute atomic E-state index is 0.0463. The Bertz CT molecular complexity index is 2260. The molecule has 518 valence electrons. The zero-order chi connectivity index (χ0) is 66.9. The Balaban J connectivity index is 4.17. The molecule has 0 heterocycles. The average molecular weight is 1290 g/mol.